The standard InChI is InChI=1S/C19H18BrN3O2/c20-15-6-7-18-17(10-15)21-11-16-12-22(8-9-23(16)18)19(24)25-13-14-4-2-1-3-5-14/h1-7,10-11,16H,8-9,12-13H2. The molecule has 2 aliphatic rings. The van der Waals surface area contributed by atoms with Gasteiger partial charge in [-0.1, -0.05) is 46.3 Å². The Hall–Kier alpha value is -2.34. The van der Waals surface area contributed by atoms with E-state index in [9.17, 15) is 4.79 Å². The zero-order valence-electron chi connectivity index (χ0n) is 13.6. The van der Waals surface area contributed by atoms with Gasteiger partial charge in [-0.3, -0.25) is 4.99 Å². The van der Waals surface area contributed by atoms with Crippen LogP contribution < -0.4 is 4.90 Å². The van der Waals surface area contributed by atoms with Crippen LogP contribution in [0.1, 0.15) is 5.56 Å². The molecule has 1 amide bonds. The first kappa shape index (κ1) is 16.1. The molecule has 4 rings (SSSR count). The van der Waals surface area contributed by atoms with Crippen LogP contribution in [-0.2, 0) is 11.3 Å². The highest BCUT2D eigenvalue weighted by molar-refractivity contribution is 9.10. The van der Waals surface area contributed by atoms with Crippen LogP contribution in [0.15, 0.2) is 58.0 Å². The van der Waals surface area contributed by atoms with E-state index in [0.29, 0.717) is 19.7 Å². The summed E-state index contributed by atoms with van der Waals surface area (Å²) in [6.07, 6.45) is 1.66. The van der Waals surface area contributed by atoms with Crippen molar-refractivity contribution in [2.75, 3.05) is 24.5 Å². The lowest BCUT2D eigenvalue weighted by atomic mass is 10.1. The van der Waals surface area contributed by atoms with Crippen molar-refractivity contribution in [1.29, 1.82) is 0 Å². The highest BCUT2D eigenvalue weighted by Crippen LogP contribution is 2.36. The van der Waals surface area contributed by atoms with E-state index in [0.717, 1.165) is 28.0 Å². The molecular weight excluding hydrogens is 382 g/mol. The van der Waals surface area contributed by atoms with E-state index in [1.807, 2.05) is 48.7 Å². The van der Waals surface area contributed by atoms with Crippen molar-refractivity contribution in [3.05, 3.63) is 58.6 Å². The molecule has 5 nitrogen and oxygen atoms in total. The number of hydrogen-bond donors (Lipinski definition) is 0. The van der Waals surface area contributed by atoms with Crippen molar-refractivity contribution in [2.45, 2.75) is 12.6 Å². The lowest BCUT2D eigenvalue weighted by Gasteiger charge is -2.42. The molecule has 2 aromatic rings. The summed E-state index contributed by atoms with van der Waals surface area (Å²) in [5, 5.41) is 0. The molecule has 2 aromatic carbocycles. The summed E-state index contributed by atoms with van der Waals surface area (Å²) < 4.78 is 6.47. The van der Waals surface area contributed by atoms with E-state index < -0.39 is 0 Å². The fraction of sp³-hybridized carbons (Fsp3) is 0.263. The van der Waals surface area contributed by atoms with E-state index in [1.54, 1.807) is 4.90 Å². The van der Waals surface area contributed by atoms with Gasteiger partial charge in [0.25, 0.3) is 0 Å². The Bertz CT molecular complexity index is 810. The van der Waals surface area contributed by atoms with E-state index in [4.69, 9.17) is 4.74 Å². The molecule has 1 saturated heterocycles. The smallest absolute Gasteiger partial charge is 0.410 e. The van der Waals surface area contributed by atoms with Gasteiger partial charge in [0, 0.05) is 30.3 Å². The minimum Gasteiger partial charge on any atom is -0.445 e. The largest absolute Gasteiger partial charge is 0.445 e. The molecular formula is C19H18BrN3O2. The van der Waals surface area contributed by atoms with E-state index in [1.165, 1.54) is 0 Å². The van der Waals surface area contributed by atoms with Gasteiger partial charge in [-0.15, -0.1) is 0 Å². The first-order valence-electron chi connectivity index (χ1n) is 8.27. The third kappa shape index (κ3) is 3.39. The van der Waals surface area contributed by atoms with Crippen LogP contribution in [0.4, 0.5) is 16.2 Å². The van der Waals surface area contributed by atoms with E-state index >= 15 is 0 Å². The zero-order chi connectivity index (χ0) is 17.2. The highest BCUT2D eigenvalue weighted by atomic mass is 79.9. The number of fused-ring (bicyclic) bond motifs is 3. The van der Waals surface area contributed by atoms with Crippen molar-refractivity contribution >= 4 is 39.6 Å². The maximum Gasteiger partial charge on any atom is 0.410 e. The average molecular weight is 400 g/mol. The Morgan fingerprint density at radius 3 is 2.88 bits per heavy atom. The van der Waals surface area contributed by atoms with Crippen molar-refractivity contribution in [3.63, 3.8) is 0 Å². The lowest BCUT2D eigenvalue weighted by Crippen LogP contribution is -2.56. The van der Waals surface area contributed by atoms with E-state index in [2.05, 4.69) is 31.9 Å². The molecule has 0 radical (unpaired) electrons. The van der Waals surface area contributed by atoms with E-state index in [-0.39, 0.29) is 12.1 Å². The third-order valence-electron chi connectivity index (χ3n) is 4.51. The number of piperazine rings is 1. The number of ether oxygens (including phenoxy) is 1. The number of nitrogens with zero attached hydrogens (tertiary/aromatic N) is 3. The summed E-state index contributed by atoms with van der Waals surface area (Å²) in [5.41, 5.74) is 3.08. The Labute approximate surface area is 155 Å². The minimum atomic E-state index is -0.265. The maximum atomic E-state index is 12.4. The molecule has 0 bridgehead atoms. The number of benzene rings is 2. The van der Waals surface area contributed by atoms with Gasteiger partial charge < -0.3 is 14.5 Å². The summed E-state index contributed by atoms with van der Waals surface area (Å²) in [6, 6.07) is 15.9. The minimum absolute atomic E-state index is 0.0895. The monoisotopic (exact) mass is 399 g/mol. The second kappa shape index (κ2) is 6.88. The summed E-state index contributed by atoms with van der Waals surface area (Å²) in [7, 11) is 0. The van der Waals surface area contributed by atoms with Gasteiger partial charge in [-0.25, -0.2) is 4.79 Å². The summed E-state index contributed by atoms with van der Waals surface area (Å²) in [6.45, 7) is 2.31. The SMILES string of the molecule is O=C(OCc1ccccc1)N1CCN2c3ccc(Br)cc3N=CC2C1. The summed E-state index contributed by atoms with van der Waals surface area (Å²) in [5.74, 6) is 0. The molecule has 1 atom stereocenters. The van der Waals surface area contributed by atoms with Crippen molar-refractivity contribution in [1.82, 2.24) is 4.90 Å². The normalized spacial score (nSPS) is 18.5. The molecule has 2 heterocycles. The van der Waals surface area contributed by atoms with Gasteiger partial charge in [0.05, 0.1) is 17.4 Å². The molecule has 6 heteroatoms. The molecule has 1 fully saturated rings. The number of aliphatic imine (C=N–C) groups is 1. The van der Waals surface area contributed by atoms with Gasteiger partial charge in [0.1, 0.15) is 6.61 Å². The fourth-order valence-electron chi connectivity index (χ4n) is 3.22. The second-order valence-corrected chi connectivity index (χ2v) is 7.07. The number of carbonyl (C=O) groups excluding carboxylic acids is 1. The van der Waals surface area contributed by atoms with Crippen LogP contribution >= 0.6 is 15.9 Å². The number of carbonyl (C=O) groups is 1. The molecule has 25 heavy (non-hydrogen) atoms. The quantitative estimate of drug-likeness (QED) is 0.766. The lowest BCUT2D eigenvalue weighted by molar-refractivity contribution is 0.0921. The van der Waals surface area contributed by atoms with Crippen LogP contribution in [0.25, 0.3) is 0 Å². The molecule has 0 N–H and O–H groups in total. The van der Waals surface area contributed by atoms with Crippen molar-refractivity contribution < 1.29 is 9.53 Å². The molecule has 1 unspecified atom stereocenters. The van der Waals surface area contributed by atoms with Gasteiger partial charge in [0.15, 0.2) is 0 Å². The first-order valence-corrected chi connectivity index (χ1v) is 9.06. The molecule has 0 saturated carbocycles. The molecule has 0 aliphatic carbocycles. The van der Waals surface area contributed by atoms with Gasteiger partial charge in [0.2, 0.25) is 0 Å². The van der Waals surface area contributed by atoms with Gasteiger partial charge in [-0.05, 0) is 23.8 Å². The Morgan fingerprint density at radius 2 is 2.04 bits per heavy atom. The van der Waals surface area contributed by atoms with Crippen LogP contribution in [0, 0.1) is 0 Å². The Morgan fingerprint density at radius 1 is 1.20 bits per heavy atom. The number of amides is 1. The fourth-order valence-corrected chi connectivity index (χ4v) is 3.57. The third-order valence-corrected chi connectivity index (χ3v) is 5.01. The molecule has 128 valence electrons. The number of hydrogen-bond acceptors (Lipinski definition) is 4. The number of anilines is 1. The number of halogens is 1. The summed E-state index contributed by atoms with van der Waals surface area (Å²) >= 11 is 3.48. The predicted molar refractivity (Wildman–Crippen MR) is 102 cm³/mol. The Balaban J connectivity index is 1.40. The van der Waals surface area contributed by atoms with Crippen LogP contribution in [-0.4, -0.2) is 42.9 Å². The first-order chi connectivity index (χ1) is 12.2. The second-order valence-electron chi connectivity index (χ2n) is 6.16. The predicted octanol–water partition coefficient (Wildman–Crippen LogP) is 3.99. The van der Waals surface area contributed by atoms with Crippen molar-refractivity contribution in [2.24, 2.45) is 4.99 Å². The van der Waals surface area contributed by atoms with Gasteiger partial charge >= 0.3 is 6.09 Å². The topological polar surface area (TPSA) is 45.1 Å². The van der Waals surface area contributed by atoms with Crippen LogP contribution in [0.2, 0.25) is 0 Å². The highest BCUT2D eigenvalue weighted by Gasteiger charge is 2.32. The maximum absolute atomic E-state index is 12.4. The number of rotatable bonds is 2. The average Bonchev–Trinajstić information content (AvgIpc) is 2.66. The summed E-state index contributed by atoms with van der Waals surface area (Å²) in [4.78, 5) is 21.0. The zero-order valence-corrected chi connectivity index (χ0v) is 15.2. The molecule has 0 aromatic heterocycles. The molecule has 2 aliphatic heterocycles. The van der Waals surface area contributed by atoms with Crippen LogP contribution in [0.5, 0.6) is 0 Å². The van der Waals surface area contributed by atoms with Gasteiger partial charge in [-0.2, -0.15) is 0 Å². The van der Waals surface area contributed by atoms with Crippen LogP contribution in [0.3, 0.4) is 0 Å². The van der Waals surface area contributed by atoms with Crippen molar-refractivity contribution in [3.8, 4) is 0 Å². The molecule has 0 spiro atoms. The Kier molecular flexibility index (Phi) is 4.44.